The van der Waals surface area contributed by atoms with Gasteiger partial charge in [0.25, 0.3) is 0 Å². The topological polar surface area (TPSA) is 28.3 Å². The average molecular weight is 329 g/mol. The number of fused-ring (bicyclic) bond motifs is 3. The summed E-state index contributed by atoms with van der Waals surface area (Å²) in [7, 11) is 1.72. The summed E-state index contributed by atoms with van der Waals surface area (Å²) in [4.78, 5) is 6.09. The van der Waals surface area contributed by atoms with Gasteiger partial charge in [-0.15, -0.1) is 12.4 Å². The monoisotopic (exact) mass is 328 g/mol. The Balaban J connectivity index is 0.00000156. The van der Waals surface area contributed by atoms with Crippen molar-refractivity contribution in [2.75, 3.05) is 13.7 Å². The van der Waals surface area contributed by atoms with Gasteiger partial charge in [0.1, 0.15) is 5.75 Å². The van der Waals surface area contributed by atoms with Crippen LogP contribution in [0, 0.1) is 0 Å². The lowest BCUT2D eigenvalue weighted by molar-refractivity contribution is 0.245. The van der Waals surface area contributed by atoms with Crippen LogP contribution in [0.1, 0.15) is 16.8 Å². The molecule has 4 rings (SSSR count). The van der Waals surface area contributed by atoms with Gasteiger partial charge in [-0.05, 0) is 29.3 Å². The predicted octanol–water partition coefficient (Wildman–Crippen LogP) is 4.16. The summed E-state index contributed by atoms with van der Waals surface area (Å²) in [5.41, 5.74) is 5.40. The number of methoxy groups -OCH3 is 1. The van der Waals surface area contributed by atoms with Crippen molar-refractivity contribution < 1.29 is 4.74 Å². The summed E-state index contributed by atoms with van der Waals surface area (Å²) < 4.78 is 5.38. The van der Waals surface area contributed by atoms with Crippen LogP contribution in [0.25, 0.3) is 10.9 Å². The molecule has 0 saturated carbocycles. The molecule has 4 heteroatoms. The number of aromatic amines is 1. The Bertz CT molecular complexity index is 798. The summed E-state index contributed by atoms with van der Waals surface area (Å²) in [6.45, 7) is 3.11. The first-order chi connectivity index (χ1) is 10.8. The number of nitrogens with zero attached hydrogens (tertiary/aromatic N) is 1. The zero-order chi connectivity index (χ0) is 14.9. The van der Waals surface area contributed by atoms with Gasteiger partial charge >= 0.3 is 0 Å². The van der Waals surface area contributed by atoms with Gasteiger partial charge < -0.3 is 9.72 Å². The fourth-order valence-electron chi connectivity index (χ4n) is 3.35. The Hall–Kier alpha value is -1.97. The molecule has 23 heavy (non-hydrogen) atoms. The van der Waals surface area contributed by atoms with Gasteiger partial charge in [0.2, 0.25) is 0 Å². The van der Waals surface area contributed by atoms with Crippen molar-refractivity contribution in [3.8, 4) is 5.75 Å². The van der Waals surface area contributed by atoms with Crippen LogP contribution in [0.2, 0.25) is 0 Å². The summed E-state index contributed by atoms with van der Waals surface area (Å²) >= 11 is 0. The van der Waals surface area contributed by atoms with Crippen molar-refractivity contribution in [1.82, 2.24) is 9.88 Å². The molecular weight excluding hydrogens is 308 g/mol. The molecule has 1 aromatic heterocycles. The van der Waals surface area contributed by atoms with E-state index in [0.29, 0.717) is 0 Å². The lowest BCUT2D eigenvalue weighted by Gasteiger charge is -2.27. The minimum absolute atomic E-state index is 0. The van der Waals surface area contributed by atoms with Crippen LogP contribution in [0.15, 0.2) is 48.5 Å². The number of nitrogens with one attached hydrogen (secondary N) is 1. The van der Waals surface area contributed by atoms with E-state index in [1.165, 1.54) is 27.7 Å². The van der Waals surface area contributed by atoms with E-state index in [9.17, 15) is 0 Å². The fraction of sp³-hybridized carbons (Fsp3) is 0.263. The number of benzene rings is 2. The number of aromatic nitrogens is 1. The normalized spacial score (nSPS) is 14.3. The van der Waals surface area contributed by atoms with Crippen LogP contribution in [-0.4, -0.2) is 23.5 Å². The Labute approximate surface area is 142 Å². The van der Waals surface area contributed by atoms with Gasteiger partial charge in [0.05, 0.1) is 7.11 Å². The highest BCUT2D eigenvalue weighted by molar-refractivity contribution is 5.86. The van der Waals surface area contributed by atoms with Crippen molar-refractivity contribution >= 4 is 23.3 Å². The van der Waals surface area contributed by atoms with E-state index in [2.05, 4.69) is 52.3 Å². The molecule has 1 N–H and O–H groups in total. The molecule has 0 bridgehead atoms. The quantitative estimate of drug-likeness (QED) is 0.782. The van der Waals surface area contributed by atoms with E-state index < -0.39 is 0 Å². The van der Waals surface area contributed by atoms with Crippen molar-refractivity contribution in [3.05, 3.63) is 65.4 Å². The fourth-order valence-corrected chi connectivity index (χ4v) is 3.35. The second-order valence-electron chi connectivity index (χ2n) is 5.94. The van der Waals surface area contributed by atoms with Crippen LogP contribution in [-0.2, 0) is 19.5 Å². The molecule has 0 fully saturated rings. The third kappa shape index (κ3) is 3.07. The Morgan fingerprint density at radius 2 is 1.96 bits per heavy atom. The van der Waals surface area contributed by atoms with Crippen LogP contribution >= 0.6 is 12.4 Å². The number of hydrogen-bond acceptors (Lipinski definition) is 2. The maximum absolute atomic E-state index is 5.38. The molecule has 3 nitrogen and oxygen atoms in total. The summed E-state index contributed by atoms with van der Waals surface area (Å²) in [5.74, 6) is 0.925. The van der Waals surface area contributed by atoms with E-state index in [1.807, 2.05) is 6.07 Å². The Morgan fingerprint density at radius 3 is 2.74 bits per heavy atom. The van der Waals surface area contributed by atoms with Crippen LogP contribution in [0.3, 0.4) is 0 Å². The first-order valence-electron chi connectivity index (χ1n) is 7.77. The molecule has 0 amide bonds. The zero-order valence-electron chi connectivity index (χ0n) is 13.2. The summed E-state index contributed by atoms with van der Waals surface area (Å²) in [6, 6.07) is 17.0. The lowest BCUT2D eigenvalue weighted by Crippen LogP contribution is -2.29. The molecule has 2 aromatic carbocycles. The van der Waals surface area contributed by atoms with Gasteiger partial charge in [0.15, 0.2) is 0 Å². The molecule has 1 aliphatic rings. The van der Waals surface area contributed by atoms with Crippen molar-refractivity contribution in [2.45, 2.75) is 19.5 Å². The average Bonchev–Trinajstić information content (AvgIpc) is 2.93. The van der Waals surface area contributed by atoms with E-state index in [-0.39, 0.29) is 12.4 Å². The van der Waals surface area contributed by atoms with Crippen LogP contribution in [0.4, 0.5) is 0 Å². The van der Waals surface area contributed by atoms with E-state index in [0.717, 1.165) is 31.8 Å². The van der Waals surface area contributed by atoms with Gasteiger partial charge in [-0.1, -0.05) is 30.3 Å². The molecule has 0 aliphatic carbocycles. The Morgan fingerprint density at radius 1 is 1.13 bits per heavy atom. The number of H-pyrrole nitrogens is 1. The first-order valence-corrected chi connectivity index (χ1v) is 7.77. The van der Waals surface area contributed by atoms with Crippen molar-refractivity contribution in [1.29, 1.82) is 0 Å². The molecule has 0 atom stereocenters. The van der Waals surface area contributed by atoms with E-state index >= 15 is 0 Å². The molecule has 0 unspecified atom stereocenters. The van der Waals surface area contributed by atoms with Crippen molar-refractivity contribution in [2.24, 2.45) is 0 Å². The standard InChI is InChI=1S/C19H20N2O.ClH/c1-22-15-7-8-18-16(11-15)17-13-21(10-9-19(17)20-18)12-14-5-3-2-4-6-14;/h2-8,11,20H,9-10,12-13H2,1H3;1H. The highest BCUT2D eigenvalue weighted by Crippen LogP contribution is 2.30. The zero-order valence-corrected chi connectivity index (χ0v) is 14.0. The summed E-state index contributed by atoms with van der Waals surface area (Å²) in [6.07, 6.45) is 1.08. The third-order valence-electron chi connectivity index (χ3n) is 4.51. The molecular formula is C19H21ClN2O. The first kappa shape index (κ1) is 15.9. The lowest BCUT2D eigenvalue weighted by atomic mass is 10.0. The minimum Gasteiger partial charge on any atom is -0.497 e. The van der Waals surface area contributed by atoms with E-state index in [4.69, 9.17) is 4.74 Å². The smallest absolute Gasteiger partial charge is 0.119 e. The SMILES string of the molecule is COc1ccc2[nH]c3c(c2c1)CN(Cc1ccccc1)CC3.Cl. The highest BCUT2D eigenvalue weighted by Gasteiger charge is 2.20. The Kier molecular flexibility index (Phi) is 4.60. The summed E-state index contributed by atoms with van der Waals surface area (Å²) in [5, 5.41) is 1.30. The predicted molar refractivity (Wildman–Crippen MR) is 96.4 cm³/mol. The molecule has 1 aliphatic heterocycles. The number of hydrogen-bond donors (Lipinski definition) is 1. The van der Waals surface area contributed by atoms with Crippen LogP contribution in [0.5, 0.6) is 5.75 Å². The van der Waals surface area contributed by atoms with Gasteiger partial charge in [-0.2, -0.15) is 0 Å². The molecule has 3 aromatic rings. The van der Waals surface area contributed by atoms with Gasteiger partial charge in [-0.3, -0.25) is 4.90 Å². The second-order valence-corrected chi connectivity index (χ2v) is 5.94. The largest absolute Gasteiger partial charge is 0.497 e. The number of ether oxygens (including phenoxy) is 1. The molecule has 120 valence electrons. The number of halogens is 1. The molecule has 0 radical (unpaired) electrons. The molecule has 0 saturated heterocycles. The van der Waals surface area contributed by atoms with Gasteiger partial charge in [0, 0.05) is 42.7 Å². The van der Waals surface area contributed by atoms with E-state index in [1.54, 1.807) is 7.11 Å². The third-order valence-corrected chi connectivity index (χ3v) is 4.51. The van der Waals surface area contributed by atoms with Gasteiger partial charge in [-0.25, -0.2) is 0 Å². The maximum atomic E-state index is 5.38. The van der Waals surface area contributed by atoms with Crippen molar-refractivity contribution in [3.63, 3.8) is 0 Å². The second kappa shape index (κ2) is 6.65. The van der Waals surface area contributed by atoms with Crippen LogP contribution < -0.4 is 4.74 Å². The minimum atomic E-state index is 0. The maximum Gasteiger partial charge on any atom is 0.119 e. The molecule has 0 spiro atoms. The molecule has 2 heterocycles. The highest BCUT2D eigenvalue weighted by atomic mass is 35.5. The number of rotatable bonds is 3.